The van der Waals surface area contributed by atoms with Crippen molar-refractivity contribution in [3.63, 3.8) is 0 Å². The molecule has 2 saturated heterocycles. The average Bonchev–Trinajstić information content (AvgIpc) is 2.79. The second kappa shape index (κ2) is 3.99. The molecule has 16 heavy (non-hydrogen) atoms. The Kier molecular flexibility index (Phi) is 2.75. The van der Waals surface area contributed by atoms with Gasteiger partial charge in [-0.2, -0.15) is 0 Å². The monoisotopic (exact) mass is 222 g/mol. The normalized spacial score (nSPS) is 43.5. The van der Waals surface area contributed by atoms with Crippen LogP contribution in [0.2, 0.25) is 0 Å². The zero-order chi connectivity index (χ0) is 11.2. The quantitative estimate of drug-likeness (QED) is 0.732. The molecule has 2 aliphatic heterocycles. The average molecular weight is 222 g/mol. The summed E-state index contributed by atoms with van der Waals surface area (Å²) < 4.78 is 0. The Labute approximate surface area is 99.8 Å². The number of likely N-dealkylation sites (tertiary alicyclic amines) is 1. The molecule has 3 fully saturated rings. The van der Waals surface area contributed by atoms with Crippen LogP contribution in [0, 0.1) is 11.3 Å². The summed E-state index contributed by atoms with van der Waals surface area (Å²) in [6, 6.07) is 1.67. The maximum atomic E-state index is 3.72. The van der Waals surface area contributed by atoms with E-state index in [0.717, 1.165) is 18.0 Å². The molecule has 2 nitrogen and oxygen atoms in total. The smallest absolute Gasteiger partial charge is 0.0235 e. The van der Waals surface area contributed by atoms with E-state index in [4.69, 9.17) is 0 Å². The van der Waals surface area contributed by atoms with Crippen LogP contribution in [0.15, 0.2) is 0 Å². The van der Waals surface area contributed by atoms with Gasteiger partial charge in [0, 0.05) is 25.2 Å². The van der Waals surface area contributed by atoms with E-state index in [-0.39, 0.29) is 0 Å². The maximum Gasteiger partial charge on any atom is 0.0235 e. The molecule has 0 radical (unpaired) electrons. The first-order chi connectivity index (χ1) is 7.67. The molecule has 0 aromatic rings. The van der Waals surface area contributed by atoms with Crippen LogP contribution in [-0.4, -0.2) is 36.6 Å². The molecule has 92 valence electrons. The van der Waals surface area contributed by atoms with Crippen LogP contribution in [-0.2, 0) is 0 Å². The zero-order valence-corrected chi connectivity index (χ0v) is 10.8. The molecule has 2 heteroatoms. The van der Waals surface area contributed by atoms with Crippen LogP contribution in [0.1, 0.15) is 46.0 Å². The largest absolute Gasteiger partial charge is 0.312 e. The molecule has 3 rings (SSSR count). The van der Waals surface area contributed by atoms with Crippen molar-refractivity contribution in [2.75, 3.05) is 19.6 Å². The van der Waals surface area contributed by atoms with Crippen LogP contribution in [0.5, 0.6) is 0 Å². The first kappa shape index (κ1) is 11.0. The number of hydrogen-bond acceptors (Lipinski definition) is 2. The number of fused-ring (bicyclic) bond motifs is 1. The summed E-state index contributed by atoms with van der Waals surface area (Å²) in [5, 5.41) is 3.72. The van der Waals surface area contributed by atoms with Crippen molar-refractivity contribution < 1.29 is 0 Å². The van der Waals surface area contributed by atoms with Gasteiger partial charge in [0.25, 0.3) is 0 Å². The van der Waals surface area contributed by atoms with E-state index in [9.17, 15) is 0 Å². The Balaban J connectivity index is 1.68. The van der Waals surface area contributed by atoms with Gasteiger partial charge in [-0.1, -0.05) is 20.3 Å². The summed E-state index contributed by atoms with van der Waals surface area (Å²) in [5.41, 5.74) is 0.563. The van der Waals surface area contributed by atoms with Crippen molar-refractivity contribution in [2.45, 2.75) is 58.0 Å². The number of nitrogens with zero attached hydrogens (tertiary/aromatic N) is 1. The minimum absolute atomic E-state index is 0.563. The van der Waals surface area contributed by atoms with Gasteiger partial charge >= 0.3 is 0 Å². The molecule has 0 aromatic heterocycles. The van der Waals surface area contributed by atoms with E-state index >= 15 is 0 Å². The first-order valence-corrected chi connectivity index (χ1v) is 7.14. The molecular formula is C14H26N2. The fourth-order valence-corrected chi connectivity index (χ4v) is 4.32. The van der Waals surface area contributed by atoms with Gasteiger partial charge in [0.1, 0.15) is 0 Å². The lowest BCUT2D eigenvalue weighted by molar-refractivity contribution is 0.134. The van der Waals surface area contributed by atoms with Crippen molar-refractivity contribution >= 4 is 0 Å². The summed E-state index contributed by atoms with van der Waals surface area (Å²) in [5.74, 6) is 0.949. The molecule has 3 aliphatic rings. The highest BCUT2D eigenvalue weighted by molar-refractivity contribution is 4.99. The van der Waals surface area contributed by atoms with Crippen LogP contribution in [0.4, 0.5) is 0 Å². The number of rotatable bonds is 1. The molecule has 3 unspecified atom stereocenters. The van der Waals surface area contributed by atoms with Crippen LogP contribution in [0.25, 0.3) is 0 Å². The van der Waals surface area contributed by atoms with Crippen molar-refractivity contribution in [3.05, 3.63) is 0 Å². The van der Waals surface area contributed by atoms with Gasteiger partial charge in [0.05, 0.1) is 0 Å². The van der Waals surface area contributed by atoms with Gasteiger partial charge < -0.3 is 5.32 Å². The fraction of sp³-hybridized carbons (Fsp3) is 1.00. The zero-order valence-electron chi connectivity index (χ0n) is 10.8. The lowest BCUT2D eigenvalue weighted by Crippen LogP contribution is -2.43. The standard InChI is InChI=1S/C14H26N2/c1-14(2)7-3-6-13(14)16-9-11-5-4-8-15-12(11)10-16/h11-13,15H,3-10H2,1-2H3. The Morgan fingerprint density at radius 2 is 2.00 bits per heavy atom. The highest BCUT2D eigenvalue weighted by Gasteiger charge is 2.44. The molecule has 0 amide bonds. The summed E-state index contributed by atoms with van der Waals surface area (Å²) >= 11 is 0. The van der Waals surface area contributed by atoms with Crippen LogP contribution in [0.3, 0.4) is 0 Å². The molecule has 0 bridgehead atoms. The van der Waals surface area contributed by atoms with E-state index in [0.29, 0.717) is 5.41 Å². The van der Waals surface area contributed by atoms with E-state index in [1.165, 1.54) is 51.7 Å². The minimum Gasteiger partial charge on any atom is -0.312 e. The highest BCUT2D eigenvalue weighted by atomic mass is 15.2. The lowest BCUT2D eigenvalue weighted by atomic mass is 9.86. The molecule has 1 N–H and O–H groups in total. The van der Waals surface area contributed by atoms with Gasteiger partial charge in [0.2, 0.25) is 0 Å². The lowest BCUT2D eigenvalue weighted by Gasteiger charge is -2.35. The van der Waals surface area contributed by atoms with Crippen molar-refractivity contribution in [3.8, 4) is 0 Å². The van der Waals surface area contributed by atoms with Gasteiger partial charge in [-0.05, 0) is 43.6 Å². The third-order valence-electron chi connectivity index (χ3n) is 5.27. The van der Waals surface area contributed by atoms with E-state index < -0.39 is 0 Å². The van der Waals surface area contributed by atoms with Gasteiger partial charge in [-0.3, -0.25) is 4.90 Å². The van der Waals surface area contributed by atoms with Crippen molar-refractivity contribution in [1.29, 1.82) is 0 Å². The van der Waals surface area contributed by atoms with E-state index in [1.54, 1.807) is 0 Å². The van der Waals surface area contributed by atoms with Crippen molar-refractivity contribution in [1.82, 2.24) is 10.2 Å². The molecule has 1 aliphatic carbocycles. The molecule has 0 spiro atoms. The molecule has 3 atom stereocenters. The van der Waals surface area contributed by atoms with Gasteiger partial charge in [-0.15, -0.1) is 0 Å². The Morgan fingerprint density at radius 3 is 2.69 bits per heavy atom. The van der Waals surface area contributed by atoms with E-state index in [1.807, 2.05) is 0 Å². The van der Waals surface area contributed by atoms with Crippen LogP contribution < -0.4 is 5.32 Å². The summed E-state index contributed by atoms with van der Waals surface area (Å²) in [7, 11) is 0. The predicted molar refractivity (Wildman–Crippen MR) is 67.5 cm³/mol. The predicted octanol–water partition coefficient (Wildman–Crippen LogP) is 2.25. The number of hydrogen-bond donors (Lipinski definition) is 1. The SMILES string of the molecule is CC1(C)CCCC1N1CC2CCCNC2C1. The topological polar surface area (TPSA) is 15.3 Å². The first-order valence-electron chi connectivity index (χ1n) is 7.14. The minimum atomic E-state index is 0.563. The number of piperidine rings is 1. The van der Waals surface area contributed by atoms with E-state index in [2.05, 4.69) is 24.1 Å². The Hall–Kier alpha value is -0.0800. The molecule has 2 heterocycles. The summed E-state index contributed by atoms with van der Waals surface area (Å²) in [6.07, 6.45) is 7.16. The second-order valence-corrected chi connectivity index (χ2v) is 6.81. The second-order valence-electron chi connectivity index (χ2n) is 6.81. The highest BCUT2D eigenvalue weighted by Crippen LogP contribution is 2.42. The number of nitrogens with one attached hydrogen (secondary N) is 1. The van der Waals surface area contributed by atoms with Gasteiger partial charge in [-0.25, -0.2) is 0 Å². The van der Waals surface area contributed by atoms with Crippen molar-refractivity contribution in [2.24, 2.45) is 11.3 Å². The molecular weight excluding hydrogens is 196 g/mol. The maximum absolute atomic E-state index is 3.72. The third-order valence-corrected chi connectivity index (χ3v) is 5.27. The summed E-state index contributed by atoms with van der Waals surface area (Å²) in [4.78, 5) is 2.81. The molecule has 1 saturated carbocycles. The fourth-order valence-electron chi connectivity index (χ4n) is 4.32. The Bertz CT molecular complexity index is 247. The third kappa shape index (κ3) is 1.80. The Morgan fingerprint density at radius 1 is 1.12 bits per heavy atom. The van der Waals surface area contributed by atoms with Gasteiger partial charge in [0.15, 0.2) is 0 Å². The summed E-state index contributed by atoms with van der Waals surface area (Å²) in [6.45, 7) is 8.88. The molecule has 0 aromatic carbocycles. The van der Waals surface area contributed by atoms with Crippen LogP contribution >= 0.6 is 0 Å².